The fourth-order valence-electron chi connectivity index (χ4n) is 2.31. The highest BCUT2D eigenvalue weighted by molar-refractivity contribution is 5.12. The zero-order chi connectivity index (χ0) is 12.1. The van der Waals surface area contributed by atoms with Crippen LogP contribution in [-0.2, 0) is 13.1 Å². The molecule has 2 rings (SSSR count). The predicted molar refractivity (Wildman–Crippen MR) is 69.8 cm³/mol. The standard InChI is InChI=1S/C14H24N2O/c1-3-15-9-13-8-14(17-11-13)10-16-6-4-12(2)5-7-16/h8,11-12,15H,3-7,9-10H2,1-2H3. The zero-order valence-corrected chi connectivity index (χ0v) is 11.0. The van der Waals surface area contributed by atoms with Crippen LogP contribution in [0.15, 0.2) is 16.7 Å². The van der Waals surface area contributed by atoms with E-state index in [1.807, 2.05) is 6.26 Å². The number of hydrogen-bond donors (Lipinski definition) is 1. The predicted octanol–water partition coefficient (Wildman–Crippen LogP) is 2.62. The Balaban J connectivity index is 1.80. The van der Waals surface area contributed by atoms with Gasteiger partial charge in [0, 0.05) is 12.1 Å². The van der Waals surface area contributed by atoms with Gasteiger partial charge in [0.05, 0.1) is 12.8 Å². The molecule has 96 valence electrons. The Labute approximate surface area is 104 Å². The van der Waals surface area contributed by atoms with E-state index in [1.165, 1.54) is 31.5 Å². The third-order valence-corrected chi connectivity index (χ3v) is 3.54. The number of nitrogens with one attached hydrogen (secondary N) is 1. The average molecular weight is 236 g/mol. The summed E-state index contributed by atoms with van der Waals surface area (Å²) in [7, 11) is 0. The summed E-state index contributed by atoms with van der Waals surface area (Å²) in [4.78, 5) is 2.50. The maximum Gasteiger partial charge on any atom is 0.118 e. The first-order valence-corrected chi connectivity index (χ1v) is 6.77. The van der Waals surface area contributed by atoms with Crippen molar-refractivity contribution >= 4 is 0 Å². The molecular formula is C14H24N2O. The Hall–Kier alpha value is -0.800. The van der Waals surface area contributed by atoms with Gasteiger partial charge >= 0.3 is 0 Å². The summed E-state index contributed by atoms with van der Waals surface area (Å²) in [6.45, 7) is 9.78. The van der Waals surface area contributed by atoms with Gasteiger partial charge in [0.15, 0.2) is 0 Å². The number of likely N-dealkylation sites (tertiary alicyclic amines) is 1. The summed E-state index contributed by atoms with van der Waals surface area (Å²) in [5.41, 5.74) is 1.26. The molecule has 17 heavy (non-hydrogen) atoms. The third kappa shape index (κ3) is 3.86. The summed E-state index contributed by atoms with van der Waals surface area (Å²) < 4.78 is 5.61. The number of hydrogen-bond acceptors (Lipinski definition) is 3. The fourth-order valence-corrected chi connectivity index (χ4v) is 2.31. The van der Waals surface area contributed by atoms with Gasteiger partial charge in [-0.3, -0.25) is 4.90 Å². The molecule has 1 aliphatic heterocycles. The van der Waals surface area contributed by atoms with Gasteiger partial charge in [-0.05, 0) is 44.5 Å². The summed E-state index contributed by atoms with van der Waals surface area (Å²) in [5, 5.41) is 3.31. The zero-order valence-electron chi connectivity index (χ0n) is 11.0. The maximum absolute atomic E-state index is 5.61. The van der Waals surface area contributed by atoms with Gasteiger partial charge in [0.25, 0.3) is 0 Å². The Kier molecular flexibility index (Phi) is 4.63. The molecule has 1 N–H and O–H groups in total. The van der Waals surface area contributed by atoms with Crippen LogP contribution in [-0.4, -0.2) is 24.5 Å². The van der Waals surface area contributed by atoms with Crippen molar-refractivity contribution in [3.8, 4) is 0 Å². The van der Waals surface area contributed by atoms with E-state index in [1.54, 1.807) is 0 Å². The van der Waals surface area contributed by atoms with Gasteiger partial charge in [-0.15, -0.1) is 0 Å². The molecule has 0 unspecified atom stereocenters. The van der Waals surface area contributed by atoms with Gasteiger partial charge in [-0.2, -0.15) is 0 Å². The van der Waals surface area contributed by atoms with Crippen LogP contribution in [0.25, 0.3) is 0 Å². The minimum atomic E-state index is 0.896. The molecule has 0 amide bonds. The van der Waals surface area contributed by atoms with Gasteiger partial charge in [0.1, 0.15) is 5.76 Å². The first kappa shape index (κ1) is 12.7. The smallest absolute Gasteiger partial charge is 0.118 e. The largest absolute Gasteiger partial charge is 0.468 e. The molecule has 1 saturated heterocycles. The minimum absolute atomic E-state index is 0.896. The van der Waals surface area contributed by atoms with Crippen LogP contribution in [0.4, 0.5) is 0 Å². The molecule has 1 aromatic rings. The number of rotatable bonds is 5. The van der Waals surface area contributed by atoms with E-state index in [0.29, 0.717) is 0 Å². The van der Waals surface area contributed by atoms with E-state index >= 15 is 0 Å². The maximum atomic E-state index is 5.61. The van der Waals surface area contributed by atoms with Crippen molar-refractivity contribution in [2.45, 2.75) is 39.8 Å². The molecule has 3 heteroatoms. The first-order chi connectivity index (χ1) is 8.28. The molecule has 0 radical (unpaired) electrons. The molecule has 0 bridgehead atoms. The van der Waals surface area contributed by atoms with Crippen LogP contribution in [0, 0.1) is 5.92 Å². The molecule has 0 aromatic carbocycles. The van der Waals surface area contributed by atoms with Gasteiger partial charge in [-0.1, -0.05) is 13.8 Å². The Morgan fingerprint density at radius 3 is 2.88 bits per heavy atom. The van der Waals surface area contributed by atoms with Crippen molar-refractivity contribution in [2.75, 3.05) is 19.6 Å². The molecule has 3 nitrogen and oxygen atoms in total. The molecule has 0 atom stereocenters. The van der Waals surface area contributed by atoms with Crippen LogP contribution < -0.4 is 5.32 Å². The van der Waals surface area contributed by atoms with E-state index in [2.05, 4.69) is 30.1 Å². The van der Waals surface area contributed by atoms with Gasteiger partial charge in [-0.25, -0.2) is 0 Å². The topological polar surface area (TPSA) is 28.4 Å². The molecule has 1 aromatic heterocycles. The van der Waals surface area contributed by atoms with E-state index in [9.17, 15) is 0 Å². The number of furan rings is 1. The van der Waals surface area contributed by atoms with Crippen molar-refractivity contribution in [2.24, 2.45) is 5.92 Å². The van der Waals surface area contributed by atoms with E-state index < -0.39 is 0 Å². The molecule has 0 saturated carbocycles. The molecular weight excluding hydrogens is 212 g/mol. The van der Waals surface area contributed by atoms with E-state index in [-0.39, 0.29) is 0 Å². The van der Waals surface area contributed by atoms with Crippen LogP contribution in [0.5, 0.6) is 0 Å². The van der Waals surface area contributed by atoms with Crippen LogP contribution in [0.2, 0.25) is 0 Å². The minimum Gasteiger partial charge on any atom is -0.468 e. The lowest BCUT2D eigenvalue weighted by Gasteiger charge is -2.29. The van der Waals surface area contributed by atoms with Crippen LogP contribution >= 0.6 is 0 Å². The summed E-state index contributed by atoms with van der Waals surface area (Å²) in [5.74, 6) is 2.00. The molecule has 1 aliphatic rings. The molecule has 2 heterocycles. The first-order valence-electron chi connectivity index (χ1n) is 6.77. The Bertz CT molecular complexity index is 327. The van der Waals surface area contributed by atoms with Gasteiger partial charge < -0.3 is 9.73 Å². The normalized spacial score (nSPS) is 18.7. The lowest BCUT2D eigenvalue weighted by Crippen LogP contribution is -2.32. The van der Waals surface area contributed by atoms with Crippen molar-refractivity contribution in [1.29, 1.82) is 0 Å². The molecule has 0 spiro atoms. The second-order valence-corrected chi connectivity index (χ2v) is 5.16. The monoisotopic (exact) mass is 236 g/mol. The number of piperidine rings is 1. The highest BCUT2D eigenvalue weighted by Gasteiger charge is 2.16. The SMILES string of the molecule is CCNCc1coc(CN2CCC(C)CC2)c1. The summed E-state index contributed by atoms with van der Waals surface area (Å²) in [6, 6.07) is 2.18. The Morgan fingerprint density at radius 1 is 1.41 bits per heavy atom. The quantitative estimate of drug-likeness (QED) is 0.852. The van der Waals surface area contributed by atoms with Gasteiger partial charge in [0.2, 0.25) is 0 Å². The average Bonchev–Trinajstić information content (AvgIpc) is 2.77. The molecule has 1 fully saturated rings. The summed E-state index contributed by atoms with van der Waals surface area (Å²) >= 11 is 0. The highest BCUT2D eigenvalue weighted by atomic mass is 16.3. The second kappa shape index (κ2) is 6.22. The van der Waals surface area contributed by atoms with Crippen molar-refractivity contribution < 1.29 is 4.42 Å². The summed E-state index contributed by atoms with van der Waals surface area (Å²) in [6.07, 6.45) is 4.53. The van der Waals surface area contributed by atoms with Crippen molar-refractivity contribution in [1.82, 2.24) is 10.2 Å². The van der Waals surface area contributed by atoms with Crippen molar-refractivity contribution in [3.05, 3.63) is 23.7 Å². The van der Waals surface area contributed by atoms with Crippen molar-refractivity contribution in [3.63, 3.8) is 0 Å². The van der Waals surface area contributed by atoms with E-state index in [4.69, 9.17) is 4.42 Å². The van der Waals surface area contributed by atoms with Crippen LogP contribution in [0.3, 0.4) is 0 Å². The van der Waals surface area contributed by atoms with E-state index in [0.717, 1.165) is 31.3 Å². The third-order valence-electron chi connectivity index (χ3n) is 3.54. The fraction of sp³-hybridized carbons (Fsp3) is 0.714. The lowest BCUT2D eigenvalue weighted by atomic mass is 9.99. The highest BCUT2D eigenvalue weighted by Crippen LogP contribution is 2.19. The lowest BCUT2D eigenvalue weighted by molar-refractivity contribution is 0.173. The number of nitrogens with zero attached hydrogens (tertiary/aromatic N) is 1. The second-order valence-electron chi connectivity index (χ2n) is 5.16. The Morgan fingerprint density at radius 2 is 2.18 bits per heavy atom. The van der Waals surface area contributed by atoms with Crippen LogP contribution in [0.1, 0.15) is 38.0 Å². The molecule has 0 aliphatic carbocycles.